The fourth-order valence-electron chi connectivity index (χ4n) is 1.19. The molecular weight excluding hydrogens is 368 g/mol. The molecule has 0 spiro atoms. The Morgan fingerprint density at radius 2 is 1.53 bits per heavy atom. The molecule has 11 heteroatoms. The van der Waals surface area contributed by atoms with Crippen molar-refractivity contribution < 1.29 is 34.8 Å². The Hall–Kier alpha value is -0.0300. The number of nitrogens with zero attached hydrogens (tertiary/aromatic N) is 1. The van der Waals surface area contributed by atoms with Crippen molar-refractivity contribution in [1.82, 2.24) is 4.31 Å². The lowest BCUT2D eigenvalue weighted by molar-refractivity contribution is -0.137. The molecule has 0 radical (unpaired) electrons. The first-order chi connectivity index (χ1) is 8.37. The van der Waals surface area contributed by atoms with Crippen LogP contribution in [0.1, 0.15) is 12.8 Å². The van der Waals surface area contributed by atoms with E-state index in [9.17, 15) is 34.8 Å². The normalized spacial score (nSPS) is 14.1. The van der Waals surface area contributed by atoms with Crippen LogP contribution in [0.25, 0.3) is 0 Å². The minimum Gasteiger partial charge on any atom is -0.212 e. The van der Waals surface area contributed by atoms with Gasteiger partial charge in [-0.15, -0.1) is 0 Å². The molecule has 0 bridgehead atoms. The number of rotatable bonds is 7. The van der Waals surface area contributed by atoms with Gasteiger partial charge in [-0.05, 0) is 6.42 Å². The van der Waals surface area contributed by atoms with E-state index in [-0.39, 0.29) is 9.64 Å². The molecule has 19 heavy (non-hydrogen) atoms. The van der Waals surface area contributed by atoms with Crippen LogP contribution in [0.5, 0.6) is 0 Å². The van der Waals surface area contributed by atoms with E-state index < -0.39 is 54.1 Å². The van der Waals surface area contributed by atoms with Crippen molar-refractivity contribution in [1.29, 1.82) is 0 Å². The predicted octanol–water partition coefficient (Wildman–Crippen LogP) is 2.92. The summed E-state index contributed by atoms with van der Waals surface area (Å²) in [7, 11) is -4.36. The summed E-state index contributed by atoms with van der Waals surface area (Å²) in [6.45, 7) is -2.15. The molecule has 0 saturated heterocycles. The molecule has 0 rings (SSSR count). The largest absolute Gasteiger partial charge is 0.402 e. The maximum absolute atomic E-state index is 12.2. The lowest BCUT2D eigenvalue weighted by Gasteiger charge is -2.22. The van der Waals surface area contributed by atoms with Crippen molar-refractivity contribution in [2.45, 2.75) is 25.2 Å². The Balaban J connectivity index is 4.62. The smallest absolute Gasteiger partial charge is 0.212 e. The van der Waals surface area contributed by atoms with E-state index in [4.69, 9.17) is 0 Å². The summed E-state index contributed by atoms with van der Waals surface area (Å²) >= 11 is 2.80. The second-order valence-corrected chi connectivity index (χ2v) is 6.55. The minimum atomic E-state index is -4.74. The molecule has 0 aromatic rings. The Kier molecular flexibility index (Phi) is 7.10. The highest BCUT2D eigenvalue weighted by molar-refractivity contribution is 9.09. The Labute approximate surface area is 115 Å². The minimum absolute atomic E-state index is 0.0401. The molecule has 0 unspecified atom stereocenters. The topological polar surface area (TPSA) is 37.4 Å². The van der Waals surface area contributed by atoms with E-state index in [0.29, 0.717) is 0 Å². The third-order valence-electron chi connectivity index (χ3n) is 1.95. The molecule has 3 nitrogen and oxygen atoms in total. The quantitative estimate of drug-likeness (QED) is 0.503. The zero-order chi connectivity index (χ0) is 15.3. The van der Waals surface area contributed by atoms with Gasteiger partial charge < -0.3 is 0 Å². The van der Waals surface area contributed by atoms with E-state index in [1.54, 1.807) is 0 Å². The van der Waals surface area contributed by atoms with Crippen LogP contribution in [0.2, 0.25) is 0 Å². The van der Waals surface area contributed by atoms with Crippen molar-refractivity contribution in [2.75, 3.05) is 24.2 Å². The zero-order valence-corrected chi connectivity index (χ0v) is 12.0. The molecule has 0 N–H and O–H groups in total. The molecule has 0 amide bonds. The monoisotopic (exact) mass is 379 g/mol. The maximum atomic E-state index is 12.2. The first kappa shape index (κ1) is 19.0. The lowest BCUT2D eigenvalue weighted by atomic mass is 10.3. The molecule has 0 aromatic heterocycles. The SMILES string of the molecule is O=S(=O)(CCCC(F)(F)F)N(CCBr)CC(F)(F)F. The first-order valence-electron chi connectivity index (χ1n) is 5.05. The highest BCUT2D eigenvalue weighted by atomic mass is 79.9. The first-order valence-corrected chi connectivity index (χ1v) is 7.78. The van der Waals surface area contributed by atoms with Gasteiger partial charge in [0.2, 0.25) is 10.0 Å². The van der Waals surface area contributed by atoms with Gasteiger partial charge in [0, 0.05) is 18.3 Å². The summed E-state index contributed by atoms with van der Waals surface area (Å²) in [6, 6.07) is 0. The summed E-state index contributed by atoms with van der Waals surface area (Å²) in [5.74, 6) is -0.963. The predicted molar refractivity (Wildman–Crippen MR) is 60.5 cm³/mol. The molecule has 116 valence electrons. The van der Waals surface area contributed by atoms with Crippen LogP contribution in [0, 0.1) is 0 Å². The van der Waals surface area contributed by atoms with Gasteiger partial charge >= 0.3 is 12.4 Å². The molecule has 0 heterocycles. The van der Waals surface area contributed by atoms with E-state index in [1.165, 1.54) is 0 Å². The average Bonchev–Trinajstić information content (AvgIpc) is 2.12. The van der Waals surface area contributed by atoms with Gasteiger partial charge in [-0.25, -0.2) is 8.42 Å². The van der Waals surface area contributed by atoms with Crippen LogP contribution in [0.4, 0.5) is 26.3 Å². The Morgan fingerprint density at radius 1 is 1.00 bits per heavy atom. The van der Waals surface area contributed by atoms with E-state index in [0.717, 1.165) is 0 Å². The van der Waals surface area contributed by atoms with Gasteiger partial charge in [0.25, 0.3) is 0 Å². The third kappa shape index (κ3) is 9.50. The summed E-state index contributed by atoms with van der Waals surface area (Å²) in [5.41, 5.74) is 0. The molecule has 0 aliphatic carbocycles. The van der Waals surface area contributed by atoms with Gasteiger partial charge in [-0.2, -0.15) is 30.6 Å². The van der Waals surface area contributed by atoms with Crippen molar-refractivity contribution >= 4 is 26.0 Å². The summed E-state index contributed by atoms with van der Waals surface area (Å²) in [6.07, 6.45) is -11.4. The van der Waals surface area contributed by atoms with E-state index in [2.05, 4.69) is 15.9 Å². The number of sulfonamides is 1. The molecular formula is C8H12BrF6NO2S. The van der Waals surface area contributed by atoms with Crippen LogP contribution in [0.15, 0.2) is 0 Å². The van der Waals surface area contributed by atoms with Gasteiger partial charge in [-0.1, -0.05) is 15.9 Å². The third-order valence-corrected chi connectivity index (χ3v) is 4.20. The second-order valence-electron chi connectivity index (χ2n) is 3.67. The van der Waals surface area contributed by atoms with Gasteiger partial charge in [0.05, 0.1) is 5.75 Å². The highest BCUT2D eigenvalue weighted by Gasteiger charge is 2.36. The second kappa shape index (κ2) is 7.11. The van der Waals surface area contributed by atoms with Crippen molar-refractivity contribution in [3.05, 3.63) is 0 Å². The Bertz CT molecular complexity index is 366. The fourth-order valence-corrected chi connectivity index (χ4v) is 3.34. The highest BCUT2D eigenvalue weighted by Crippen LogP contribution is 2.23. The van der Waals surface area contributed by atoms with Crippen LogP contribution < -0.4 is 0 Å². The molecule has 0 atom stereocenters. The Morgan fingerprint density at radius 3 is 1.89 bits per heavy atom. The molecule has 0 saturated carbocycles. The van der Waals surface area contributed by atoms with Crippen molar-refractivity contribution in [3.63, 3.8) is 0 Å². The molecule has 0 aliphatic heterocycles. The van der Waals surface area contributed by atoms with Crippen LogP contribution in [-0.4, -0.2) is 49.2 Å². The lowest BCUT2D eigenvalue weighted by Crippen LogP contribution is -2.41. The molecule has 0 aromatic carbocycles. The van der Waals surface area contributed by atoms with Crippen LogP contribution >= 0.6 is 15.9 Å². The van der Waals surface area contributed by atoms with Gasteiger partial charge in [0.15, 0.2) is 0 Å². The average molecular weight is 380 g/mol. The number of halogens is 7. The van der Waals surface area contributed by atoms with Gasteiger partial charge in [0.1, 0.15) is 6.54 Å². The van der Waals surface area contributed by atoms with E-state index in [1.807, 2.05) is 0 Å². The van der Waals surface area contributed by atoms with E-state index >= 15 is 0 Å². The zero-order valence-electron chi connectivity index (χ0n) is 9.56. The molecule has 0 aliphatic rings. The molecule has 0 fully saturated rings. The number of alkyl halides is 7. The van der Waals surface area contributed by atoms with Gasteiger partial charge in [-0.3, -0.25) is 0 Å². The maximum Gasteiger partial charge on any atom is 0.402 e. The fraction of sp³-hybridized carbons (Fsp3) is 1.00. The number of hydrogen-bond donors (Lipinski definition) is 0. The summed E-state index contributed by atoms with van der Waals surface area (Å²) in [4.78, 5) is 0. The van der Waals surface area contributed by atoms with Crippen molar-refractivity contribution in [2.24, 2.45) is 0 Å². The van der Waals surface area contributed by atoms with Crippen LogP contribution in [0.3, 0.4) is 0 Å². The van der Waals surface area contributed by atoms with Crippen LogP contribution in [-0.2, 0) is 10.0 Å². The summed E-state index contributed by atoms with van der Waals surface area (Å²) in [5, 5.41) is -0.0401. The summed E-state index contributed by atoms with van der Waals surface area (Å²) < 4.78 is 95.3. The number of hydrogen-bond acceptors (Lipinski definition) is 2. The van der Waals surface area contributed by atoms with Crippen molar-refractivity contribution in [3.8, 4) is 0 Å². The standard InChI is InChI=1S/C8H12BrF6NO2S/c9-3-4-16(6-8(13,14)15)19(17,18)5-1-2-7(10,11)12/h1-6H2.